The van der Waals surface area contributed by atoms with Crippen molar-refractivity contribution in [2.45, 2.75) is 49.8 Å². The van der Waals surface area contributed by atoms with Crippen molar-refractivity contribution < 1.29 is 13.2 Å². The summed E-state index contributed by atoms with van der Waals surface area (Å²) in [6.45, 7) is 4.44. The Morgan fingerprint density at radius 2 is 1.96 bits per heavy atom. The molecule has 1 aliphatic rings. The zero-order valence-corrected chi connectivity index (χ0v) is 16.7. The summed E-state index contributed by atoms with van der Waals surface area (Å²) in [4.78, 5) is 12.5. The molecule has 26 heavy (non-hydrogen) atoms. The maximum absolute atomic E-state index is 12.9. The van der Waals surface area contributed by atoms with E-state index < -0.39 is 10.0 Å². The molecular formula is C19H24N2O3S2. The molecule has 1 amide bonds. The lowest BCUT2D eigenvalue weighted by Crippen LogP contribution is -2.45. The maximum Gasteiger partial charge on any atom is 0.252 e. The van der Waals surface area contributed by atoms with Crippen LogP contribution in [0.1, 0.15) is 36.8 Å². The fourth-order valence-electron chi connectivity index (χ4n) is 3.49. The van der Waals surface area contributed by atoms with Gasteiger partial charge in [0, 0.05) is 24.7 Å². The van der Waals surface area contributed by atoms with Crippen LogP contribution >= 0.6 is 11.3 Å². The van der Waals surface area contributed by atoms with E-state index in [4.69, 9.17) is 0 Å². The number of benzene rings is 1. The SMILES string of the molecule is Cc1cc(C)cc(NC(=O)CC2CCCCN2S(=O)(=O)c2cccs2)c1. The van der Waals surface area contributed by atoms with Crippen molar-refractivity contribution in [2.24, 2.45) is 0 Å². The van der Waals surface area contributed by atoms with E-state index in [1.54, 1.807) is 17.5 Å². The predicted octanol–water partition coefficient (Wildman–Crippen LogP) is 3.94. The molecule has 0 spiro atoms. The van der Waals surface area contributed by atoms with E-state index in [1.165, 1.54) is 15.6 Å². The molecular weight excluding hydrogens is 368 g/mol. The summed E-state index contributed by atoms with van der Waals surface area (Å²) >= 11 is 1.22. The van der Waals surface area contributed by atoms with Crippen molar-refractivity contribution >= 4 is 33.0 Å². The van der Waals surface area contributed by atoms with Gasteiger partial charge in [-0.1, -0.05) is 18.6 Å². The molecule has 1 unspecified atom stereocenters. The van der Waals surface area contributed by atoms with Crippen LogP contribution in [0.25, 0.3) is 0 Å². The Balaban J connectivity index is 1.73. The van der Waals surface area contributed by atoms with Crippen LogP contribution in [0.15, 0.2) is 39.9 Å². The Bertz CT molecular complexity index is 856. The van der Waals surface area contributed by atoms with Gasteiger partial charge in [-0.2, -0.15) is 4.31 Å². The average molecular weight is 393 g/mol. The number of piperidine rings is 1. The summed E-state index contributed by atoms with van der Waals surface area (Å²) in [6.07, 6.45) is 2.67. The predicted molar refractivity (Wildman–Crippen MR) is 105 cm³/mol. The minimum absolute atomic E-state index is 0.145. The van der Waals surface area contributed by atoms with Crippen LogP contribution in [0.2, 0.25) is 0 Å². The number of nitrogens with zero attached hydrogens (tertiary/aromatic N) is 1. The molecule has 1 aromatic heterocycles. The molecule has 0 saturated carbocycles. The Labute approximate surface area is 159 Å². The van der Waals surface area contributed by atoms with E-state index in [0.29, 0.717) is 17.2 Å². The van der Waals surface area contributed by atoms with Gasteiger partial charge in [0.25, 0.3) is 10.0 Å². The Morgan fingerprint density at radius 3 is 2.62 bits per heavy atom. The van der Waals surface area contributed by atoms with Crippen LogP contribution in [0.4, 0.5) is 5.69 Å². The van der Waals surface area contributed by atoms with Crippen LogP contribution in [-0.4, -0.2) is 31.2 Å². The van der Waals surface area contributed by atoms with E-state index in [9.17, 15) is 13.2 Å². The second-order valence-corrected chi connectivity index (χ2v) is 9.89. The normalized spacial score (nSPS) is 18.6. The second kappa shape index (κ2) is 7.90. The van der Waals surface area contributed by atoms with Crippen LogP contribution in [-0.2, 0) is 14.8 Å². The van der Waals surface area contributed by atoms with E-state index in [-0.39, 0.29) is 18.4 Å². The van der Waals surface area contributed by atoms with Gasteiger partial charge in [-0.05, 0) is 61.4 Å². The first kappa shape index (κ1) is 19.1. The average Bonchev–Trinajstić information content (AvgIpc) is 3.09. The molecule has 0 bridgehead atoms. The second-order valence-electron chi connectivity index (χ2n) is 6.83. The van der Waals surface area contributed by atoms with Gasteiger partial charge >= 0.3 is 0 Å². The third-order valence-corrected chi connectivity index (χ3v) is 7.88. The molecule has 1 aliphatic heterocycles. The van der Waals surface area contributed by atoms with Gasteiger partial charge in [0.15, 0.2) is 0 Å². The van der Waals surface area contributed by atoms with Crippen LogP contribution in [0, 0.1) is 13.8 Å². The lowest BCUT2D eigenvalue weighted by Gasteiger charge is -2.34. The first-order chi connectivity index (χ1) is 12.4. The van der Waals surface area contributed by atoms with E-state index >= 15 is 0 Å². The molecule has 1 saturated heterocycles. The smallest absolute Gasteiger partial charge is 0.252 e. The molecule has 0 aliphatic carbocycles. The molecule has 2 aromatic rings. The first-order valence-corrected chi connectivity index (χ1v) is 11.1. The quantitative estimate of drug-likeness (QED) is 0.838. The molecule has 3 rings (SSSR count). The fraction of sp³-hybridized carbons (Fsp3) is 0.421. The zero-order chi connectivity index (χ0) is 18.7. The number of rotatable bonds is 5. The first-order valence-electron chi connectivity index (χ1n) is 8.80. The lowest BCUT2D eigenvalue weighted by atomic mass is 10.0. The Morgan fingerprint density at radius 1 is 1.23 bits per heavy atom. The highest BCUT2D eigenvalue weighted by molar-refractivity contribution is 7.91. The number of sulfonamides is 1. The number of carbonyl (C=O) groups excluding carboxylic acids is 1. The van der Waals surface area contributed by atoms with Crippen molar-refractivity contribution in [1.29, 1.82) is 0 Å². The topological polar surface area (TPSA) is 66.5 Å². The number of thiophene rings is 1. The van der Waals surface area contributed by atoms with Crippen LogP contribution < -0.4 is 5.32 Å². The van der Waals surface area contributed by atoms with E-state index in [2.05, 4.69) is 5.32 Å². The van der Waals surface area contributed by atoms with Crippen molar-refractivity contribution in [3.8, 4) is 0 Å². The summed E-state index contributed by atoms with van der Waals surface area (Å²) in [5.74, 6) is -0.145. The highest BCUT2D eigenvalue weighted by Gasteiger charge is 2.35. The standard InChI is InChI=1S/C19H24N2O3S2/c1-14-10-15(2)12-16(11-14)20-18(22)13-17-6-3-4-8-21(17)26(23,24)19-7-5-9-25-19/h5,7,9-12,17H,3-4,6,8,13H2,1-2H3,(H,20,22). The van der Waals surface area contributed by atoms with Crippen molar-refractivity contribution in [2.75, 3.05) is 11.9 Å². The number of hydrogen-bond acceptors (Lipinski definition) is 4. The largest absolute Gasteiger partial charge is 0.326 e. The third kappa shape index (κ3) is 4.34. The monoisotopic (exact) mass is 392 g/mol. The Kier molecular flexibility index (Phi) is 5.79. The van der Waals surface area contributed by atoms with E-state index in [0.717, 1.165) is 29.7 Å². The van der Waals surface area contributed by atoms with Gasteiger partial charge in [-0.3, -0.25) is 4.79 Å². The van der Waals surface area contributed by atoms with Gasteiger partial charge in [-0.15, -0.1) is 11.3 Å². The number of aryl methyl sites for hydroxylation is 2. The summed E-state index contributed by atoms with van der Waals surface area (Å²) in [6, 6.07) is 8.97. The van der Waals surface area contributed by atoms with Crippen molar-refractivity contribution in [3.05, 3.63) is 46.8 Å². The number of hydrogen-bond donors (Lipinski definition) is 1. The summed E-state index contributed by atoms with van der Waals surface area (Å²) < 4.78 is 27.6. The minimum atomic E-state index is -3.53. The van der Waals surface area contributed by atoms with Crippen molar-refractivity contribution in [1.82, 2.24) is 4.31 Å². The van der Waals surface area contributed by atoms with Crippen LogP contribution in [0.5, 0.6) is 0 Å². The number of nitrogens with one attached hydrogen (secondary N) is 1. The molecule has 1 fully saturated rings. The summed E-state index contributed by atoms with van der Waals surface area (Å²) in [5, 5.41) is 4.68. The summed E-state index contributed by atoms with van der Waals surface area (Å²) in [7, 11) is -3.53. The van der Waals surface area contributed by atoms with Crippen molar-refractivity contribution in [3.63, 3.8) is 0 Å². The van der Waals surface area contributed by atoms with Gasteiger partial charge in [0.05, 0.1) is 0 Å². The molecule has 0 radical (unpaired) electrons. The molecule has 2 heterocycles. The van der Waals surface area contributed by atoms with Gasteiger partial charge in [0.2, 0.25) is 5.91 Å². The zero-order valence-electron chi connectivity index (χ0n) is 15.1. The molecule has 7 heteroatoms. The lowest BCUT2D eigenvalue weighted by molar-refractivity contribution is -0.117. The highest BCUT2D eigenvalue weighted by Crippen LogP contribution is 2.29. The molecule has 1 N–H and O–H groups in total. The van der Waals surface area contributed by atoms with Crippen LogP contribution in [0.3, 0.4) is 0 Å². The number of carbonyl (C=O) groups is 1. The number of amides is 1. The molecule has 5 nitrogen and oxygen atoms in total. The molecule has 1 aromatic carbocycles. The van der Waals surface area contributed by atoms with Gasteiger partial charge in [-0.25, -0.2) is 8.42 Å². The maximum atomic E-state index is 12.9. The minimum Gasteiger partial charge on any atom is -0.326 e. The number of anilines is 1. The Hall–Kier alpha value is -1.70. The van der Waals surface area contributed by atoms with Gasteiger partial charge < -0.3 is 5.32 Å². The van der Waals surface area contributed by atoms with E-state index in [1.807, 2.05) is 32.0 Å². The summed E-state index contributed by atoms with van der Waals surface area (Å²) in [5.41, 5.74) is 2.93. The van der Waals surface area contributed by atoms with Gasteiger partial charge in [0.1, 0.15) is 4.21 Å². The molecule has 1 atom stereocenters. The molecule has 140 valence electrons. The fourth-order valence-corrected chi connectivity index (χ4v) is 6.31. The third-order valence-electron chi connectivity index (χ3n) is 4.56. The highest BCUT2D eigenvalue weighted by atomic mass is 32.2.